The predicted molar refractivity (Wildman–Crippen MR) is 128 cm³/mol. The first-order valence-electron chi connectivity index (χ1n) is 10.3. The molecule has 3 rings (SSSR count). The van der Waals surface area contributed by atoms with E-state index in [9.17, 15) is 9.59 Å². The fourth-order valence-corrected chi connectivity index (χ4v) is 3.25. The summed E-state index contributed by atoms with van der Waals surface area (Å²) >= 11 is 6.10. The van der Waals surface area contributed by atoms with Crippen LogP contribution < -0.4 is 14.8 Å². The zero-order valence-corrected chi connectivity index (χ0v) is 18.7. The summed E-state index contributed by atoms with van der Waals surface area (Å²) in [7, 11) is 0. The van der Waals surface area contributed by atoms with Crippen molar-refractivity contribution in [2.45, 2.75) is 13.8 Å². The van der Waals surface area contributed by atoms with Crippen LogP contribution >= 0.6 is 11.6 Å². The van der Waals surface area contributed by atoms with E-state index in [1.165, 1.54) is 6.08 Å². The third kappa shape index (κ3) is 5.99. The summed E-state index contributed by atoms with van der Waals surface area (Å²) in [6, 6.07) is 19.1. The molecule has 0 bridgehead atoms. The summed E-state index contributed by atoms with van der Waals surface area (Å²) in [6.45, 7) is 4.83. The number of nitrogens with one attached hydrogen (secondary N) is 1. The molecule has 0 unspecified atom stereocenters. The van der Waals surface area contributed by atoms with Gasteiger partial charge in [-0.25, -0.2) is 0 Å². The molecule has 0 heterocycles. The molecule has 32 heavy (non-hydrogen) atoms. The lowest BCUT2D eigenvalue weighted by Crippen LogP contribution is -2.12. The lowest BCUT2D eigenvalue weighted by atomic mass is 10.0. The Morgan fingerprint density at radius 2 is 1.62 bits per heavy atom. The fraction of sp³-hybridized carbons (Fsp3) is 0.154. The zero-order chi connectivity index (χ0) is 22.9. The van der Waals surface area contributed by atoms with Crippen LogP contribution in [0.5, 0.6) is 11.5 Å². The standard InChI is InChI=1S/C26H24ClNO4/c1-3-31-23-14-10-18(16-24(23)32-4-2)11-15-25(29)28-22-13-12-20(27)17-21(22)26(30)19-8-6-5-7-9-19/h5-17H,3-4H2,1-2H3,(H,28,29). The molecule has 5 nitrogen and oxygen atoms in total. The number of amides is 1. The average Bonchev–Trinajstić information content (AvgIpc) is 2.81. The first-order valence-corrected chi connectivity index (χ1v) is 10.7. The molecule has 164 valence electrons. The van der Waals surface area contributed by atoms with E-state index in [2.05, 4.69) is 5.32 Å². The van der Waals surface area contributed by atoms with E-state index in [1.807, 2.05) is 38.1 Å². The van der Waals surface area contributed by atoms with Crippen molar-refractivity contribution in [2.24, 2.45) is 0 Å². The molecular formula is C26H24ClNO4. The minimum Gasteiger partial charge on any atom is -0.490 e. The molecule has 1 amide bonds. The van der Waals surface area contributed by atoms with Crippen molar-refractivity contribution in [3.63, 3.8) is 0 Å². The van der Waals surface area contributed by atoms with E-state index < -0.39 is 0 Å². The Kier molecular flexibility index (Phi) is 8.06. The Morgan fingerprint density at radius 1 is 0.906 bits per heavy atom. The molecule has 0 aliphatic heterocycles. The maximum Gasteiger partial charge on any atom is 0.248 e. The Balaban J connectivity index is 1.79. The number of benzene rings is 3. The van der Waals surface area contributed by atoms with E-state index in [0.29, 0.717) is 46.5 Å². The van der Waals surface area contributed by atoms with Crippen molar-refractivity contribution in [3.8, 4) is 11.5 Å². The van der Waals surface area contributed by atoms with Crippen molar-refractivity contribution < 1.29 is 19.1 Å². The number of rotatable bonds is 9. The van der Waals surface area contributed by atoms with E-state index in [-0.39, 0.29) is 11.7 Å². The fourth-order valence-electron chi connectivity index (χ4n) is 3.08. The van der Waals surface area contributed by atoms with Crippen LogP contribution in [0.15, 0.2) is 72.8 Å². The topological polar surface area (TPSA) is 64.6 Å². The molecule has 0 spiro atoms. The number of halogens is 1. The summed E-state index contributed by atoms with van der Waals surface area (Å²) in [6.07, 6.45) is 3.07. The molecule has 0 aromatic heterocycles. The van der Waals surface area contributed by atoms with Crippen LogP contribution in [0.3, 0.4) is 0 Å². The van der Waals surface area contributed by atoms with Gasteiger partial charge in [-0.1, -0.05) is 48.0 Å². The number of hydrogen-bond acceptors (Lipinski definition) is 4. The summed E-state index contributed by atoms with van der Waals surface area (Å²) in [5.74, 6) is 0.674. The first kappa shape index (κ1) is 23.1. The number of ether oxygens (including phenoxy) is 2. The Bertz CT molecular complexity index is 1130. The Hall–Kier alpha value is -3.57. The van der Waals surface area contributed by atoms with Gasteiger partial charge in [-0.3, -0.25) is 9.59 Å². The van der Waals surface area contributed by atoms with Gasteiger partial charge in [0.1, 0.15) is 0 Å². The molecular weight excluding hydrogens is 426 g/mol. The third-order valence-electron chi connectivity index (χ3n) is 4.51. The number of ketones is 1. The van der Waals surface area contributed by atoms with E-state index >= 15 is 0 Å². The number of anilines is 1. The van der Waals surface area contributed by atoms with Crippen molar-refractivity contribution in [1.82, 2.24) is 0 Å². The Morgan fingerprint density at radius 3 is 2.34 bits per heavy atom. The number of carbonyl (C=O) groups excluding carboxylic acids is 2. The van der Waals surface area contributed by atoms with Crippen molar-refractivity contribution >= 4 is 35.1 Å². The highest BCUT2D eigenvalue weighted by atomic mass is 35.5. The van der Waals surface area contributed by atoms with Crippen LogP contribution in [-0.4, -0.2) is 24.9 Å². The minimum atomic E-state index is -0.374. The van der Waals surface area contributed by atoms with Crippen LogP contribution in [-0.2, 0) is 4.79 Å². The largest absolute Gasteiger partial charge is 0.490 e. The maximum atomic E-state index is 12.9. The van der Waals surface area contributed by atoms with Gasteiger partial charge < -0.3 is 14.8 Å². The van der Waals surface area contributed by atoms with Gasteiger partial charge >= 0.3 is 0 Å². The molecule has 3 aromatic rings. The lowest BCUT2D eigenvalue weighted by Gasteiger charge is -2.11. The second-order valence-electron chi connectivity index (χ2n) is 6.78. The first-order chi connectivity index (χ1) is 15.5. The van der Waals surface area contributed by atoms with Gasteiger partial charge in [0.2, 0.25) is 5.91 Å². The van der Waals surface area contributed by atoms with E-state index in [4.69, 9.17) is 21.1 Å². The van der Waals surface area contributed by atoms with Crippen molar-refractivity contribution in [3.05, 3.63) is 94.5 Å². The summed E-state index contributed by atoms with van der Waals surface area (Å²) in [5, 5.41) is 3.18. The van der Waals surface area contributed by atoms with Gasteiger partial charge in [0.15, 0.2) is 17.3 Å². The van der Waals surface area contributed by atoms with Gasteiger partial charge in [0.25, 0.3) is 0 Å². The molecule has 0 radical (unpaired) electrons. The average molecular weight is 450 g/mol. The smallest absolute Gasteiger partial charge is 0.248 e. The van der Waals surface area contributed by atoms with Crippen LogP contribution in [0.25, 0.3) is 6.08 Å². The Labute approximate surface area is 192 Å². The SMILES string of the molecule is CCOc1ccc(C=CC(=O)Nc2ccc(Cl)cc2C(=O)c2ccccc2)cc1OCC. The maximum absolute atomic E-state index is 12.9. The quantitative estimate of drug-likeness (QED) is 0.320. The second-order valence-corrected chi connectivity index (χ2v) is 7.22. The van der Waals surface area contributed by atoms with E-state index in [1.54, 1.807) is 48.5 Å². The summed E-state index contributed by atoms with van der Waals surface area (Å²) < 4.78 is 11.2. The summed E-state index contributed by atoms with van der Waals surface area (Å²) in [5.41, 5.74) is 2.01. The zero-order valence-electron chi connectivity index (χ0n) is 17.9. The lowest BCUT2D eigenvalue weighted by molar-refractivity contribution is -0.111. The minimum absolute atomic E-state index is 0.222. The molecule has 1 N–H and O–H groups in total. The highest BCUT2D eigenvalue weighted by Crippen LogP contribution is 2.29. The van der Waals surface area contributed by atoms with Gasteiger partial charge in [-0.15, -0.1) is 0 Å². The number of hydrogen-bond donors (Lipinski definition) is 1. The van der Waals surface area contributed by atoms with Gasteiger partial charge in [0, 0.05) is 22.2 Å². The van der Waals surface area contributed by atoms with Crippen LogP contribution in [0.4, 0.5) is 5.69 Å². The highest BCUT2D eigenvalue weighted by Gasteiger charge is 2.15. The molecule has 3 aromatic carbocycles. The normalized spacial score (nSPS) is 10.7. The number of carbonyl (C=O) groups is 2. The molecule has 0 fully saturated rings. The van der Waals surface area contributed by atoms with E-state index in [0.717, 1.165) is 5.56 Å². The molecule has 6 heteroatoms. The van der Waals surface area contributed by atoms with Gasteiger partial charge in [0.05, 0.1) is 18.9 Å². The predicted octanol–water partition coefficient (Wildman–Crippen LogP) is 6.02. The van der Waals surface area contributed by atoms with Crippen LogP contribution in [0.2, 0.25) is 5.02 Å². The monoisotopic (exact) mass is 449 g/mol. The molecule has 0 saturated carbocycles. The molecule has 0 atom stereocenters. The van der Waals surface area contributed by atoms with Crippen molar-refractivity contribution in [2.75, 3.05) is 18.5 Å². The molecule has 0 saturated heterocycles. The summed E-state index contributed by atoms with van der Waals surface area (Å²) in [4.78, 5) is 25.5. The van der Waals surface area contributed by atoms with Crippen LogP contribution in [0.1, 0.15) is 35.3 Å². The highest BCUT2D eigenvalue weighted by molar-refractivity contribution is 6.31. The van der Waals surface area contributed by atoms with Gasteiger partial charge in [-0.05, 0) is 55.8 Å². The molecule has 0 aliphatic rings. The van der Waals surface area contributed by atoms with Crippen molar-refractivity contribution in [1.29, 1.82) is 0 Å². The third-order valence-corrected chi connectivity index (χ3v) is 4.75. The molecule has 0 aliphatic carbocycles. The van der Waals surface area contributed by atoms with Crippen LogP contribution in [0, 0.1) is 0 Å². The van der Waals surface area contributed by atoms with Gasteiger partial charge in [-0.2, -0.15) is 0 Å². The second kappa shape index (κ2) is 11.2.